The smallest absolute Gasteiger partial charge is 0.169 e. The van der Waals surface area contributed by atoms with E-state index in [9.17, 15) is 0 Å². The van der Waals surface area contributed by atoms with Gasteiger partial charge in [0.15, 0.2) is 5.79 Å². The van der Waals surface area contributed by atoms with Crippen LogP contribution in [0.4, 0.5) is 0 Å². The van der Waals surface area contributed by atoms with E-state index >= 15 is 0 Å². The largest absolute Gasteiger partial charge is 0.348 e. The molecule has 1 aliphatic carbocycles. The molecule has 2 aliphatic rings. The molecule has 0 unspecified atom stereocenters. The van der Waals surface area contributed by atoms with Crippen molar-refractivity contribution in [1.82, 2.24) is 0 Å². The van der Waals surface area contributed by atoms with Crippen molar-refractivity contribution in [2.24, 2.45) is 0 Å². The Morgan fingerprint density at radius 2 is 1.71 bits per heavy atom. The van der Waals surface area contributed by atoms with Gasteiger partial charge in [-0.25, -0.2) is 0 Å². The molecule has 3 heteroatoms. The quantitative estimate of drug-likeness (QED) is 0.486. The van der Waals surface area contributed by atoms with Gasteiger partial charge in [-0.3, -0.25) is 0 Å². The van der Waals surface area contributed by atoms with Gasteiger partial charge < -0.3 is 9.47 Å². The highest BCUT2D eigenvalue weighted by Gasteiger charge is 2.38. The summed E-state index contributed by atoms with van der Waals surface area (Å²) < 4.78 is 11.4. The second-order valence-corrected chi connectivity index (χ2v) is 10.7. The van der Waals surface area contributed by atoms with Crippen LogP contribution in [0.15, 0.2) is 11.6 Å². The Morgan fingerprint density at radius 3 is 2.24 bits per heavy atom. The van der Waals surface area contributed by atoms with Crippen molar-refractivity contribution in [1.29, 1.82) is 0 Å². The lowest BCUT2D eigenvalue weighted by Gasteiger charge is -2.32. The average Bonchev–Trinajstić information content (AvgIpc) is 2.68. The summed E-state index contributed by atoms with van der Waals surface area (Å²) in [6, 6.07) is 0. The zero-order chi connectivity index (χ0) is 12.4. The second-order valence-electron chi connectivity index (χ2n) is 5.93. The molecule has 1 aliphatic heterocycles. The first-order valence-electron chi connectivity index (χ1n) is 6.48. The van der Waals surface area contributed by atoms with E-state index in [1.54, 1.807) is 0 Å². The van der Waals surface area contributed by atoms with Crippen LogP contribution in [0, 0.1) is 11.5 Å². The van der Waals surface area contributed by atoms with Crippen molar-refractivity contribution >= 4 is 8.07 Å². The normalized spacial score (nSPS) is 23.4. The molecular weight excluding hydrogens is 228 g/mol. The zero-order valence-corrected chi connectivity index (χ0v) is 12.1. The van der Waals surface area contributed by atoms with Gasteiger partial charge in [-0.05, 0) is 18.9 Å². The maximum Gasteiger partial charge on any atom is 0.169 e. The molecule has 2 nitrogen and oxygen atoms in total. The molecule has 0 radical (unpaired) electrons. The molecule has 0 bridgehead atoms. The number of hydrogen-bond acceptors (Lipinski definition) is 2. The van der Waals surface area contributed by atoms with Crippen LogP contribution in [-0.2, 0) is 9.47 Å². The summed E-state index contributed by atoms with van der Waals surface area (Å²) >= 11 is 0. The van der Waals surface area contributed by atoms with Gasteiger partial charge in [0.25, 0.3) is 0 Å². The highest BCUT2D eigenvalue weighted by Crippen LogP contribution is 2.37. The highest BCUT2D eigenvalue weighted by molar-refractivity contribution is 6.83. The van der Waals surface area contributed by atoms with Gasteiger partial charge >= 0.3 is 0 Å². The number of rotatable bonds is 0. The summed E-state index contributed by atoms with van der Waals surface area (Å²) in [5, 5.41) is 0. The third kappa shape index (κ3) is 3.70. The van der Waals surface area contributed by atoms with Crippen molar-refractivity contribution in [2.45, 2.75) is 51.1 Å². The Kier molecular flexibility index (Phi) is 3.77. The first-order chi connectivity index (χ1) is 7.99. The molecule has 17 heavy (non-hydrogen) atoms. The number of hydrogen-bond donors (Lipinski definition) is 0. The minimum Gasteiger partial charge on any atom is -0.348 e. The second kappa shape index (κ2) is 4.97. The fourth-order valence-corrected chi connectivity index (χ4v) is 2.74. The first-order valence-corrected chi connectivity index (χ1v) is 9.98. The third-order valence-electron chi connectivity index (χ3n) is 3.19. The van der Waals surface area contributed by atoms with E-state index in [4.69, 9.17) is 9.47 Å². The van der Waals surface area contributed by atoms with E-state index in [1.807, 2.05) is 0 Å². The number of allylic oxidation sites excluding steroid dienone is 2. The summed E-state index contributed by atoms with van der Waals surface area (Å²) in [5.41, 5.74) is 4.84. The maximum atomic E-state index is 5.71. The first kappa shape index (κ1) is 12.9. The average molecular weight is 250 g/mol. The monoisotopic (exact) mass is 250 g/mol. The van der Waals surface area contributed by atoms with Crippen molar-refractivity contribution in [2.75, 3.05) is 13.2 Å². The van der Waals surface area contributed by atoms with Crippen LogP contribution in [0.25, 0.3) is 0 Å². The summed E-state index contributed by atoms with van der Waals surface area (Å²) in [4.78, 5) is 0. The lowest BCUT2D eigenvalue weighted by Crippen LogP contribution is -2.33. The molecule has 1 saturated heterocycles. The molecule has 0 amide bonds. The fraction of sp³-hybridized carbons (Fsp3) is 0.714. The standard InChI is InChI=1S/C14H22O2Si/c1-17(2,3)12-4-5-13-6-8-14(9-7-13)15-10-11-16-14/h5H,6-11H2,1-3H3. The molecule has 2 rings (SSSR count). The summed E-state index contributed by atoms with van der Waals surface area (Å²) in [6.07, 6.45) is 6.25. The molecule has 0 N–H and O–H groups in total. The van der Waals surface area contributed by atoms with Crippen LogP contribution in [0.5, 0.6) is 0 Å². The Balaban J connectivity index is 1.90. The minimum absolute atomic E-state index is 0.246. The van der Waals surface area contributed by atoms with Gasteiger partial charge in [0.2, 0.25) is 0 Å². The Labute approximate surface area is 105 Å². The van der Waals surface area contributed by atoms with Crippen LogP contribution in [0.1, 0.15) is 25.7 Å². The molecule has 1 heterocycles. The molecule has 94 valence electrons. The molecule has 1 saturated carbocycles. The topological polar surface area (TPSA) is 18.5 Å². The third-order valence-corrected chi connectivity index (χ3v) is 4.09. The van der Waals surface area contributed by atoms with E-state index < -0.39 is 8.07 Å². The van der Waals surface area contributed by atoms with Gasteiger partial charge in [-0.1, -0.05) is 31.1 Å². The van der Waals surface area contributed by atoms with Crippen LogP contribution in [-0.4, -0.2) is 27.1 Å². The van der Waals surface area contributed by atoms with Crippen molar-refractivity contribution in [3.8, 4) is 11.5 Å². The summed E-state index contributed by atoms with van der Waals surface area (Å²) in [5.74, 6) is 3.00. The molecular formula is C14H22O2Si. The lowest BCUT2D eigenvalue weighted by molar-refractivity contribution is -0.171. The van der Waals surface area contributed by atoms with E-state index in [0.717, 1.165) is 38.9 Å². The lowest BCUT2D eigenvalue weighted by atomic mass is 9.89. The highest BCUT2D eigenvalue weighted by atomic mass is 28.3. The Morgan fingerprint density at radius 1 is 1.12 bits per heavy atom. The number of ether oxygens (including phenoxy) is 2. The Hall–Kier alpha value is -0.563. The van der Waals surface area contributed by atoms with Gasteiger partial charge in [0, 0.05) is 12.8 Å². The van der Waals surface area contributed by atoms with Crippen LogP contribution >= 0.6 is 0 Å². The van der Waals surface area contributed by atoms with E-state index in [-0.39, 0.29) is 5.79 Å². The van der Waals surface area contributed by atoms with Gasteiger partial charge in [0.1, 0.15) is 8.07 Å². The predicted octanol–water partition coefficient (Wildman–Crippen LogP) is 3.11. The van der Waals surface area contributed by atoms with Gasteiger partial charge in [-0.2, -0.15) is 0 Å². The van der Waals surface area contributed by atoms with Crippen molar-refractivity contribution in [3.05, 3.63) is 11.6 Å². The van der Waals surface area contributed by atoms with Crippen LogP contribution < -0.4 is 0 Å². The fourth-order valence-electron chi connectivity index (χ4n) is 2.24. The van der Waals surface area contributed by atoms with Crippen LogP contribution in [0.2, 0.25) is 19.6 Å². The molecule has 1 spiro atoms. The SMILES string of the molecule is C[Si](C)(C)C#CC=C1CCC2(CC1)OCCO2. The van der Waals surface area contributed by atoms with Gasteiger partial charge in [0.05, 0.1) is 13.2 Å². The van der Waals surface area contributed by atoms with Crippen molar-refractivity contribution in [3.63, 3.8) is 0 Å². The maximum absolute atomic E-state index is 5.71. The molecule has 0 aromatic heterocycles. The molecule has 0 atom stereocenters. The molecule has 2 fully saturated rings. The summed E-state index contributed by atoms with van der Waals surface area (Å²) in [6.45, 7) is 8.33. The summed E-state index contributed by atoms with van der Waals surface area (Å²) in [7, 11) is -1.23. The van der Waals surface area contributed by atoms with Gasteiger partial charge in [-0.15, -0.1) is 5.54 Å². The molecule has 0 aromatic rings. The van der Waals surface area contributed by atoms with E-state index in [2.05, 4.69) is 37.2 Å². The van der Waals surface area contributed by atoms with E-state index in [1.165, 1.54) is 5.57 Å². The predicted molar refractivity (Wildman–Crippen MR) is 72.3 cm³/mol. The van der Waals surface area contributed by atoms with E-state index in [0.29, 0.717) is 0 Å². The zero-order valence-electron chi connectivity index (χ0n) is 11.1. The minimum atomic E-state index is -1.23. The molecule has 0 aromatic carbocycles. The van der Waals surface area contributed by atoms with Crippen molar-refractivity contribution < 1.29 is 9.47 Å². The Bertz CT molecular complexity index is 350. The van der Waals surface area contributed by atoms with Crippen LogP contribution in [0.3, 0.4) is 0 Å².